The van der Waals surface area contributed by atoms with Gasteiger partial charge in [0.1, 0.15) is 0 Å². The van der Waals surface area contributed by atoms with Crippen LogP contribution in [0, 0.1) is 3.57 Å². The summed E-state index contributed by atoms with van der Waals surface area (Å²) in [7, 11) is 0. The van der Waals surface area contributed by atoms with Crippen LogP contribution in [0.4, 0.5) is 5.69 Å². The Balaban J connectivity index is 3.09. The fourth-order valence-electron chi connectivity index (χ4n) is 0.608. The van der Waals surface area contributed by atoms with Crippen LogP contribution in [-0.2, 0) is 0 Å². The maximum absolute atomic E-state index is 5.24. The molecule has 4 heteroatoms. The number of hydrogen-bond donors (Lipinski definition) is 2. The minimum atomic E-state index is 0.909. The van der Waals surface area contributed by atoms with Crippen LogP contribution < -0.4 is 11.3 Å². The van der Waals surface area contributed by atoms with E-state index in [1.165, 1.54) is 0 Å². The summed E-state index contributed by atoms with van der Waals surface area (Å²) in [6, 6.07) is 5.92. The monoisotopic (exact) mass is 312 g/mol. The van der Waals surface area contributed by atoms with Crippen molar-refractivity contribution in [2.75, 3.05) is 5.43 Å². The molecule has 1 aromatic rings. The topological polar surface area (TPSA) is 38.0 Å². The van der Waals surface area contributed by atoms with E-state index in [4.69, 9.17) is 5.84 Å². The van der Waals surface area contributed by atoms with E-state index < -0.39 is 0 Å². The van der Waals surface area contributed by atoms with Crippen molar-refractivity contribution >= 4 is 44.2 Å². The number of nitrogens with two attached hydrogens (primary N) is 1. The second-order valence-electron chi connectivity index (χ2n) is 1.77. The molecule has 10 heavy (non-hydrogen) atoms. The molecule has 0 saturated carbocycles. The van der Waals surface area contributed by atoms with Crippen LogP contribution in [0.15, 0.2) is 22.7 Å². The lowest BCUT2D eigenvalue weighted by Gasteiger charge is -2.02. The normalized spacial score (nSPS) is 9.50. The maximum Gasteiger partial charge on any atom is 0.0637 e. The molecule has 0 aliphatic carbocycles. The Labute approximate surface area is 81.4 Å². The van der Waals surface area contributed by atoms with Crippen LogP contribution >= 0.6 is 38.5 Å². The predicted molar refractivity (Wildman–Crippen MR) is 54.7 cm³/mol. The standard InChI is InChI=1S/C6H6BrIN2/c7-5-2-1-4(8)3-6(5)10-9/h1-3,10H,9H2. The van der Waals surface area contributed by atoms with Crippen LogP contribution in [0.1, 0.15) is 0 Å². The molecule has 0 radical (unpaired) electrons. The number of nitrogen functional groups attached to an aromatic ring is 1. The number of rotatable bonds is 1. The van der Waals surface area contributed by atoms with Gasteiger partial charge >= 0.3 is 0 Å². The number of hydrogen-bond acceptors (Lipinski definition) is 2. The third kappa shape index (κ3) is 1.83. The van der Waals surface area contributed by atoms with Crippen molar-refractivity contribution in [3.8, 4) is 0 Å². The van der Waals surface area contributed by atoms with E-state index in [1.54, 1.807) is 0 Å². The molecule has 0 unspecified atom stereocenters. The summed E-state index contributed by atoms with van der Waals surface area (Å²) < 4.78 is 2.14. The highest BCUT2D eigenvalue weighted by molar-refractivity contribution is 14.1. The first-order valence-corrected chi connectivity index (χ1v) is 4.53. The Bertz CT molecular complexity index is 239. The highest BCUT2D eigenvalue weighted by atomic mass is 127. The molecule has 0 atom stereocenters. The van der Waals surface area contributed by atoms with Crippen molar-refractivity contribution in [3.05, 3.63) is 26.2 Å². The molecular weight excluding hydrogens is 307 g/mol. The summed E-state index contributed by atoms with van der Waals surface area (Å²) in [4.78, 5) is 0. The average Bonchev–Trinajstić information content (AvgIpc) is 1.94. The molecule has 0 heterocycles. The third-order valence-corrected chi connectivity index (χ3v) is 2.45. The SMILES string of the molecule is NNc1cc(I)ccc1Br. The summed E-state index contributed by atoms with van der Waals surface area (Å²) in [6.07, 6.45) is 0. The van der Waals surface area contributed by atoms with Crippen molar-refractivity contribution in [3.63, 3.8) is 0 Å². The van der Waals surface area contributed by atoms with Gasteiger partial charge in [0.05, 0.1) is 5.69 Å². The van der Waals surface area contributed by atoms with E-state index in [0.717, 1.165) is 13.7 Å². The van der Waals surface area contributed by atoms with Crippen LogP contribution in [-0.4, -0.2) is 0 Å². The van der Waals surface area contributed by atoms with Gasteiger partial charge < -0.3 is 5.43 Å². The fourth-order valence-corrected chi connectivity index (χ4v) is 1.46. The lowest BCUT2D eigenvalue weighted by atomic mass is 10.3. The molecule has 0 saturated heterocycles. The molecule has 0 fully saturated rings. The Hall–Kier alpha value is 0.190. The van der Waals surface area contributed by atoms with Crippen LogP contribution in [0.25, 0.3) is 0 Å². The summed E-state index contributed by atoms with van der Waals surface area (Å²) in [5.74, 6) is 5.24. The molecule has 0 bridgehead atoms. The van der Waals surface area contributed by atoms with Gasteiger partial charge in [-0.25, -0.2) is 0 Å². The molecule has 0 amide bonds. The van der Waals surface area contributed by atoms with Gasteiger partial charge in [0.25, 0.3) is 0 Å². The Morgan fingerprint density at radius 1 is 1.50 bits per heavy atom. The van der Waals surface area contributed by atoms with Crippen molar-refractivity contribution in [2.45, 2.75) is 0 Å². The molecule has 0 aromatic heterocycles. The number of anilines is 1. The smallest absolute Gasteiger partial charge is 0.0637 e. The number of halogens is 2. The summed E-state index contributed by atoms with van der Waals surface area (Å²) in [5.41, 5.74) is 3.49. The average molecular weight is 313 g/mol. The number of nitrogens with one attached hydrogen (secondary N) is 1. The number of benzene rings is 1. The van der Waals surface area contributed by atoms with Gasteiger partial charge in [-0.3, -0.25) is 5.84 Å². The zero-order chi connectivity index (χ0) is 7.56. The van der Waals surface area contributed by atoms with Gasteiger partial charge in [-0.2, -0.15) is 0 Å². The molecule has 0 spiro atoms. The van der Waals surface area contributed by atoms with Crippen LogP contribution in [0.5, 0.6) is 0 Å². The van der Waals surface area contributed by atoms with E-state index in [0.29, 0.717) is 0 Å². The first-order valence-electron chi connectivity index (χ1n) is 2.65. The van der Waals surface area contributed by atoms with Crippen molar-refractivity contribution in [2.24, 2.45) is 5.84 Å². The first-order chi connectivity index (χ1) is 4.74. The molecular formula is C6H6BrIN2. The number of hydrazine groups is 1. The van der Waals surface area contributed by atoms with E-state index in [-0.39, 0.29) is 0 Å². The predicted octanol–water partition coefficient (Wildman–Crippen LogP) is 2.34. The van der Waals surface area contributed by atoms with Gasteiger partial charge in [0.2, 0.25) is 0 Å². The Morgan fingerprint density at radius 2 is 2.20 bits per heavy atom. The second kappa shape index (κ2) is 3.54. The molecule has 54 valence electrons. The van der Waals surface area contributed by atoms with E-state index >= 15 is 0 Å². The minimum Gasteiger partial charge on any atom is -0.323 e. The zero-order valence-electron chi connectivity index (χ0n) is 5.07. The largest absolute Gasteiger partial charge is 0.323 e. The maximum atomic E-state index is 5.24. The van der Waals surface area contributed by atoms with Crippen LogP contribution in [0.2, 0.25) is 0 Å². The van der Waals surface area contributed by atoms with Gasteiger partial charge in [0.15, 0.2) is 0 Å². The molecule has 0 aliphatic heterocycles. The summed E-state index contributed by atoms with van der Waals surface area (Å²) in [6.45, 7) is 0. The summed E-state index contributed by atoms with van der Waals surface area (Å²) in [5, 5.41) is 0. The highest BCUT2D eigenvalue weighted by Gasteiger charge is 1.95. The van der Waals surface area contributed by atoms with Gasteiger partial charge in [-0.05, 0) is 56.7 Å². The first kappa shape index (κ1) is 8.29. The Kier molecular flexibility index (Phi) is 2.94. The van der Waals surface area contributed by atoms with E-state index in [9.17, 15) is 0 Å². The molecule has 0 aliphatic rings. The third-order valence-electron chi connectivity index (χ3n) is 1.08. The van der Waals surface area contributed by atoms with Gasteiger partial charge in [-0.15, -0.1) is 0 Å². The highest BCUT2D eigenvalue weighted by Crippen LogP contribution is 2.22. The van der Waals surface area contributed by atoms with Gasteiger partial charge in [-0.1, -0.05) is 0 Å². The zero-order valence-corrected chi connectivity index (χ0v) is 8.81. The Morgan fingerprint density at radius 3 is 2.70 bits per heavy atom. The fraction of sp³-hybridized carbons (Fsp3) is 0. The van der Waals surface area contributed by atoms with Crippen LogP contribution in [0.3, 0.4) is 0 Å². The molecule has 2 nitrogen and oxygen atoms in total. The van der Waals surface area contributed by atoms with E-state index in [1.807, 2.05) is 18.2 Å². The lowest BCUT2D eigenvalue weighted by molar-refractivity contribution is 1.33. The molecule has 3 N–H and O–H groups in total. The van der Waals surface area contributed by atoms with Crippen molar-refractivity contribution in [1.29, 1.82) is 0 Å². The quantitative estimate of drug-likeness (QED) is 0.474. The minimum absolute atomic E-state index is 0.909. The second-order valence-corrected chi connectivity index (χ2v) is 3.87. The van der Waals surface area contributed by atoms with Crippen molar-refractivity contribution < 1.29 is 0 Å². The van der Waals surface area contributed by atoms with Crippen molar-refractivity contribution in [1.82, 2.24) is 0 Å². The molecule has 1 aromatic carbocycles. The summed E-state index contributed by atoms with van der Waals surface area (Å²) >= 11 is 5.57. The lowest BCUT2D eigenvalue weighted by Crippen LogP contribution is -2.07. The molecule has 1 rings (SSSR count). The van der Waals surface area contributed by atoms with Gasteiger partial charge in [0, 0.05) is 8.04 Å². The van der Waals surface area contributed by atoms with E-state index in [2.05, 4.69) is 43.9 Å².